The summed E-state index contributed by atoms with van der Waals surface area (Å²) in [7, 11) is 0. The number of fused-ring (bicyclic) bond motifs is 2. The van der Waals surface area contributed by atoms with Crippen LogP contribution in [0.1, 0.15) is 53.5 Å². The van der Waals surface area contributed by atoms with E-state index in [0.717, 1.165) is 45.0 Å². The van der Waals surface area contributed by atoms with Gasteiger partial charge in [-0.1, -0.05) is 35.3 Å². The molecule has 3 aromatic rings. The summed E-state index contributed by atoms with van der Waals surface area (Å²) in [5.74, 6) is -0.572. The second-order valence-electron chi connectivity index (χ2n) is 7.43. The number of carbonyl (C=O) groups excluding carboxylic acids is 2. The minimum Gasteiger partial charge on any atom is -0.464 e. The van der Waals surface area contributed by atoms with E-state index < -0.39 is 12.0 Å². The van der Waals surface area contributed by atoms with Crippen molar-refractivity contribution in [3.05, 3.63) is 63.3 Å². The quantitative estimate of drug-likeness (QED) is 0.554. The lowest BCUT2D eigenvalue weighted by Crippen LogP contribution is -2.44. The molecule has 0 saturated carbocycles. The molecule has 1 aromatic heterocycles. The van der Waals surface area contributed by atoms with Gasteiger partial charge in [0.05, 0.1) is 12.1 Å². The van der Waals surface area contributed by atoms with Crippen LogP contribution in [0.3, 0.4) is 0 Å². The van der Waals surface area contributed by atoms with Gasteiger partial charge in [0.2, 0.25) is 0 Å². The number of aromatic nitrogens is 2. The van der Waals surface area contributed by atoms with E-state index in [1.165, 1.54) is 0 Å². The Kier molecular flexibility index (Phi) is 5.90. The SMILES string of the molecule is CCCc1[nH]nc2ccc(C(=O)N3CCc4cc(Br)ccc4C3C(=O)OCC)cc12. The molecule has 1 atom stereocenters. The van der Waals surface area contributed by atoms with Crippen molar-refractivity contribution in [2.24, 2.45) is 0 Å². The number of aryl methyl sites for hydroxylation is 1. The number of halogens is 1. The predicted octanol–water partition coefficient (Wildman–Crippen LogP) is 4.58. The van der Waals surface area contributed by atoms with E-state index in [2.05, 4.69) is 33.1 Å². The number of carbonyl (C=O) groups is 2. The summed E-state index contributed by atoms with van der Waals surface area (Å²) in [5, 5.41) is 8.35. The third-order valence-corrected chi connectivity index (χ3v) is 5.98. The maximum absolute atomic E-state index is 13.5. The zero-order chi connectivity index (χ0) is 21.3. The molecule has 156 valence electrons. The highest BCUT2D eigenvalue weighted by atomic mass is 79.9. The first kappa shape index (κ1) is 20.6. The van der Waals surface area contributed by atoms with E-state index in [-0.39, 0.29) is 12.5 Å². The second-order valence-corrected chi connectivity index (χ2v) is 8.35. The standard InChI is InChI=1S/C23H24BrN3O3/c1-3-5-19-18-13-15(6-9-20(18)26-25-19)22(28)27-11-10-14-12-16(24)7-8-17(14)21(27)23(29)30-4-2/h6-9,12-13,21H,3-5,10-11H2,1-2H3,(H,25,26). The van der Waals surface area contributed by atoms with E-state index in [9.17, 15) is 9.59 Å². The molecule has 0 saturated heterocycles. The van der Waals surface area contributed by atoms with Crippen LogP contribution in [0.4, 0.5) is 0 Å². The first-order chi connectivity index (χ1) is 14.5. The van der Waals surface area contributed by atoms with Crippen molar-refractivity contribution in [1.29, 1.82) is 0 Å². The van der Waals surface area contributed by atoms with Gasteiger partial charge in [0.25, 0.3) is 5.91 Å². The Bertz CT molecular complexity index is 1110. The largest absolute Gasteiger partial charge is 0.464 e. The molecular weight excluding hydrogens is 446 g/mol. The van der Waals surface area contributed by atoms with Crippen LogP contribution in [-0.2, 0) is 22.4 Å². The average molecular weight is 470 g/mol. The number of hydrogen-bond acceptors (Lipinski definition) is 4. The highest BCUT2D eigenvalue weighted by molar-refractivity contribution is 9.10. The molecule has 4 rings (SSSR count). The van der Waals surface area contributed by atoms with Crippen molar-refractivity contribution >= 4 is 38.7 Å². The molecule has 0 spiro atoms. The maximum atomic E-state index is 13.5. The minimum absolute atomic E-state index is 0.174. The summed E-state index contributed by atoms with van der Waals surface area (Å²) in [6.45, 7) is 4.61. The van der Waals surface area contributed by atoms with Crippen molar-refractivity contribution < 1.29 is 14.3 Å². The molecule has 1 N–H and O–H groups in total. The molecule has 7 heteroatoms. The lowest BCUT2D eigenvalue weighted by Gasteiger charge is -2.36. The van der Waals surface area contributed by atoms with Crippen LogP contribution < -0.4 is 0 Å². The second kappa shape index (κ2) is 8.60. The number of aromatic amines is 1. The summed E-state index contributed by atoms with van der Waals surface area (Å²) >= 11 is 3.49. The van der Waals surface area contributed by atoms with Crippen LogP contribution in [-0.4, -0.2) is 40.1 Å². The number of hydrogen-bond donors (Lipinski definition) is 1. The lowest BCUT2D eigenvalue weighted by atomic mass is 9.92. The van der Waals surface area contributed by atoms with Gasteiger partial charge in [-0.3, -0.25) is 9.89 Å². The number of benzene rings is 2. The van der Waals surface area contributed by atoms with Crippen LogP contribution >= 0.6 is 15.9 Å². The number of H-pyrrole nitrogens is 1. The van der Waals surface area contributed by atoms with Gasteiger partial charge in [-0.2, -0.15) is 5.10 Å². The molecule has 30 heavy (non-hydrogen) atoms. The molecule has 1 amide bonds. The van der Waals surface area contributed by atoms with Gasteiger partial charge in [0.15, 0.2) is 6.04 Å². The highest BCUT2D eigenvalue weighted by Gasteiger charge is 2.37. The fourth-order valence-electron chi connectivity index (χ4n) is 4.09. The maximum Gasteiger partial charge on any atom is 0.333 e. The first-order valence-electron chi connectivity index (χ1n) is 10.3. The molecule has 1 aliphatic heterocycles. The summed E-state index contributed by atoms with van der Waals surface area (Å²) in [4.78, 5) is 28.0. The van der Waals surface area contributed by atoms with E-state index in [1.807, 2.05) is 30.3 Å². The fraction of sp³-hybridized carbons (Fsp3) is 0.348. The number of rotatable bonds is 5. The van der Waals surface area contributed by atoms with Crippen molar-refractivity contribution in [2.75, 3.05) is 13.2 Å². The molecule has 1 aliphatic rings. The third kappa shape index (κ3) is 3.74. The van der Waals surface area contributed by atoms with E-state index in [0.29, 0.717) is 18.5 Å². The van der Waals surface area contributed by atoms with Crippen molar-refractivity contribution in [2.45, 2.75) is 39.2 Å². The van der Waals surface area contributed by atoms with Crippen molar-refractivity contribution in [1.82, 2.24) is 15.1 Å². The molecule has 0 bridgehead atoms. The monoisotopic (exact) mass is 469 g/mol. The molecule has 6 nitrogen and oxygen atoms in total. The number of esters is 1. The Morgan fingerprint density at radius 2 is 2.07 bits per heavy atom. The van der Waals surface area contributed by atoms with Crippen LogP contribution in [0.2, 0.25) is 0 Å². The molecule has 2 heterocycles. The molecule has 0 aliphatic carbocycles. The minimum atomic E-state index is -0.746. The van der Waals surface area contributed by atoms with Gasteiger partial charge in [0, 0.05) is 27.7 Å². The number of ether oxygens (including phenoxy) is 1. The molecule has 0 fully saturated rings. The average Bonchev–Trinajstić information content (AvgIpc) is 3.15. The zero-order valence-corrected chi connectivity index (χ0v) is 18.7. The summed E-state index contributed by atoms with van der Waals surface area (Å²) < 4.78 is 6.29. The first-order valence-corrected chi connectivity index (χ1v) is 11.1. The Balaban J connectivity index is 1.73. The van der Waals surface area contributed by atoms with Crippen LogP contribution in [0.15, 0.2) is 40.9 Å². The van der Waals surface area contributed by atoms with Crippen molar-refractivity contribution in [3.63, 3.8) is 0 Å². The number of nitrogens with one attached hydrogen (secondary N) is 1. The fourth-order valence-corrected chi connectivity index (χ4v) is 4.50. The Labute approximate surface area is 183 Å². The van der Waals surface area contributed by atoms with Crippen molar-refractivity contribution in [3.8, 4) is 0 Å². The number of nitrogens with zero attached hydrogens (tertiary/aromatic N) is 2. The van der Waals surface area contributed by atoms with Gasteiger partial charge >= 0.3 is 5.97 Å². The van der Waals surface area contributed by atoms with Gasteiger partial charge < -0.3 is 9.64 Å². The van der Waals surface area contributed by atoms with E-state index in [4.69, 9.17) is 4.74 Å². The third-order valence-electron chi connectivity index (χ3n) is 5.48. The summed E-state index contributed by atoms with van der Waals surface area (Å²) in [6.07, 6.45) is 2.54. The predicted molar refractivity (Wildman–Crippen MR) is 118 cm³/mol. The van der Waals surface area contributed by atoms with Crippen LogP contribution in [0.5, 0.6) is 0 Å². The molecule has 0 radical (unpaired) electrons. The molecule has 1 unspecified atom stereocenters. The zero-order valence-electron chi connectivity index (χ0n) is 17.1. The Morgan fingerprint density at radius 1 is 1.23 bits per heavy atom. The Hall–Kier alpha value is -2.67. The summed E-state index contributed by atoms with van der Waals surface area (Å²) in [5.41, 5.74) is 4.30. The molecular formula is C23H24BrN3O3. The van der Waals surface area contributed by atoms with Crippen LogP contribution in [0.25, 0.3) is 10.9 Å². The van der Waals surface area contributed by atoms with Gasteiger partial charge in [-0.25, -0.2) is 4.79 Å². The molecule has 2 aromatic carbocycles. The Morgan fingerprint density at radius 3 is 2.83 bits per heavy atom. The normalized spacial score (nSPS) is 15.8. The van der Waals surface area contributed by atoms with E-state index >= 15 is 0 Å². The lowest BCUT2D eigenvalue weighted by molar-refractivity contribution is -0.149. The smallest absolute Gasteiger partial charge is 0.333 e. The van der Waals surface area contributed by atoms with Crippen LogP contribution in [0, 0.1) is 0 Å². The highest BCUT2D eigenvalue weighted by Crippen LogP contribution is 2.34. The van der Waals surface area contributed by atoms with Gasteiger partial charge in [0.1, 0.15) is 0 Å². The number of amides is 1. The van der Waals surface area contributed by atoms with Gasteiger partial charge in [-0.05, 0) is 61.2 Å². The van der Waals surface area contributed by atoms with Gasteiger partial charge in [-0.15, -0.1) is 0 Å². The summed E-state index contributed by atoms with van der Waals surface area (Å²) in [6, 6.07) is 10.6. The van der Waals surface area contributed by atoms with E-state index in [1.54, 1.807) is 17.9 Å². The topological polar surface area (TPSA) is 75.3 Å².